The van der Waals surface area contributed by atoms with Crippen molar-refractivity contribution in [3.8, 4) is 28.3 Å². The van der Waals surface area contributed by atoms with Gasteiger partial charge in [-0.25, -0.2) is 9.97 Å². The lowest BCUT2D eigenvalue weighted by Gasteiger charge is -2.14. The fraction of sp³-hybridized carbons (Fsp3) is 0. The van der Waals surface area contributed by atoms with Gasteiger partial charge in [0, 0.05) is 73.3 Å². The second-order valence-corrected chi connectivity index (χ2v) is 18.1. The number of thiophene rings is 2. The Labute approximate surface area is 357 Å². The van der Waals surface area contributed by atoms with Crippen molar-refractivity contribution in [2.75, 3.05) is 0 Å². The zero-order valence-corrected chi connectivity index (χ0v) is 34.2. The van der Waals surface area contributed by atoms with E-state index in [-0.39, 0.29) is 0 Å². The first-order chi connectivity index (χ1) is 30.2. The van der Waals surface area contributed by atoms with Gasteiger partial charge in [-0.1, -0.05) is 140 Å². The number of hydrogen-bond acceptors (Lipinski definition) is 4. The zero-order chi connectivity index (χ0) is 39.8. The molecule has 0 aliphatic heterocycles. The summed E-state index contributed by atoms with van der Waals surface area (Å²) in [7, 11) is 0. The van der Waals surface area contributed by atoms with Gasteiger partial charge in [-0.2, -0.15) is 0 Å². The summed E-state index contributed by atoms with van der Waals surface area (Å²) in [4.78, 5) is 11.2. The van der Waals surface area contributed by atoms with Crippen LogP contribution in [0.3, 0.4) is 0 Å². The minimum atomic E-state index is 0.728. The molecule has 61 heavy (non-hydrogen) atoms. The molecule has 0 unspecified atom stereocenters. The summed E-state index contributed by atoms with van der Waals surface area (Å²) in [6.45, 7) is 0. The molecule has 0 amide bonds. The quantitative estimate of drug-likeness (QED) is 0.178. The van der Waals surface area contributed by atoms with Crippen LogP contribution in [0.15, 0.2) is 188 Å². The van der Waals surface area contributed by atoms with Gasteiger partial charge >= 0.3 is 0 Å². The van der Waals surface area contributed by atoms with E-state index in [1.165, 1.54) is 94.5 Å². The van der Waals surface area contributed by atoms with Gasteiger partial charge in [0.25, 0.3) is 0 Å². The third kappa shape index (κ3) is 4.73. The average molecular weight is 810 g/mol. The summed E-state index contributed by atoms with van der Waals surface area (Å²) in [5.74, 6) is 0.728. The molecule has 0 bridgehead atoms. The Hall–Kier alpha value is -7.44. The monoisotopic (exact) mass is 809 g/mol. The largest absolute Gasteiger partial charge is 0.309 e. The number of rotatable bonds is 3. The number of nitrogens with zero attached hydrogens (tertiary/aromatic N) is 3. The first kappa shape index (κ1) is 33.4. The molecule has 0 aliphatic rings. The van der Waals surface area contributed by atoms with Gasteiger partial charge in [0.05, 0.1) is 22.2 Å². The maximum Gasteiger partial charge on any atom is 0.161 e. The van der Waals surface area contributed by atoms with Gasteiger partial charge in [-0.15, -0.1) is 22.7 Å². The highest BCUT2D eigenvalue weighted by atomic mass is 32.1. The molecule has 0 N–H and O–H groups in total. The molecular formula is C56H31N3S2. The van der Waals surface area contributed by atoms with Crippen LogP contribution in [0.2, 0.25) is 0 Å². The van der Waals surface area contributed by atoms with E-state index in [1.807, 2.05) is 22.7 Å². The molecule has 3 nitrogen and oxygen atoms in total. The van der Waals surface area contributed by atoms with Crippen LogP contribution < -0.4 is 0 Å². The first-order valence-corrected chi connectivity index (χ1v) is 22.3. The fourth-order valence-electron chi connectivity index (χ4n) is 10.1. The molecule has 0 aliphatic carbocycles. The Kier molecular flexibility index (Phi) is 6.87. The second-order valence-electron chi connectivity index (χ2n) is 16.0. The van der Waals surface area contributed by atoms with Gasteiger partial charge in [0.1, 0.15) is 0 Å². The van der Waals surface area contributed by atoms with Crippen LogP contribution in [0.25, 0.3) is 134 Å². The Morgan fingerprint density at radius 3 is 1.61 bits per heavy atom. The lowest BCUT2D eigenvalue weighted by Crippen LogP contribution is -1.98. The van der Waals surface area contributed by atoms with Gasteiger partial charge in [-0.3, -0.25) is 0 Å². The fourth-order valence-corrected chi connectivity index (χ4v) is 12.5. The molecule has 4 aromatic heterocycles. The van der Waals surface area contributed by atoms with Gasteiger partial charge in [-0.05, 0) is 80.8 Å². The highest BCUT2D eigenvalue weighted by molar-refractivity contribution is 7.27. The van der Waals surface area contributed by atoms with Gasteiger partial charge in [0.15, 0.2) is 5.82 Å². The van der Waals surface area contributed by atoms with E-state index in [4.69, 9.17) is 9.97 Å². The predicted octanol–water partition coefficient (Wildman–Crippen LogP) is 16.3. The molecule has 0 saturated carbocycles. The molecule has 14 rings (SSSR count). The molecule has 0 fully saturated rings. The zero-order valence-electron chi connectivity index (χ0n) is 32.6. The number of aromatic nitrogens is 3. The number of hydrogen-bond donors (Lipinski definition) is 0. The van der Waals surface area contributed by atoms with Crippen LogP contribution in [0, 0.1) is 0 Å². The predicted molar refractivity (Wildman–Crippen MR) is 263 cm³/mol. The number of benzene rings is 10. The van der Waals surface area contributed by atoms with Crippen LogP contribution in [0.5, 0.6) is 0 Å². The van der Waals surface area contributed by atoms with Crippen molar-refractivity contribution in [1.29, 1.82) is 0 Å². The smallest absolute Gasteiger partial charge is 0.161 e. The topological polar surface area (TPSA) is 30.7 Å². The molecule has 282 valence electrons. The molecule has 0 saturated heterocycles. The van der Waals surface area contributed by atoms with Crippen molar-refractivity contribution < 1.29 is 0 Å². The van der Waals surface area contributed by atoms with E-state index < -0.39 is 0 Å². The molecule has 10 aromatic carbocycles. The minimum absolute atomic E-state index is 0.728. The summed E-state index contributed by atoms with van der Waals surface area (Å²) < 4.78 is 7.44. The number of para-hydroxylation sites is 1. The maximum absolute atomic E-state index is 5.71. The SMILES string of the molecule is c1ccc2c(c1)cc(-c1nc(-c3cc(-n4c5ccc6ccccc6c5c5c6ccccc6ccc54)cc4c3sc3ccccc34)nc3ccccc13)c1sc3ccccc3c12. The summed E-state index contributed by atoms with van der Waals surface area (Å²) in [5.41, 5.74) is 7.51. The lowest BCUT2D eigenvalue weighted by molar-refractivity contribution is 1.18. The van der Waals surface area contributed by atoms with Crippen molar-refractivity contribution in [2.45, 2.75) is 0 Å². The van der Waals surface area contributed by atoms with Crippen molar-refractivity contribution in [3.63, 3.8) is 0 Å². The van der Waals surface area contributed by atoms with Crippen LogP contribution in [-0.4, -0.2) is 14.5 Å². The summed E-state index contributed by atoms with van der Waals surface area (Å²) >= 11 is 3.68. The van der Waals surface area contributed by atoms with Crippen molar-refractivity contribution >= 4 is 128 Å². The lowest BCUT2D eigenvalue weighted by atomic mass is 9.97. The summed E-state index contributed by atoms with van der Waals surface area (Å²) in [6, 6.07) is 68.7. The normalized spacial score (nSPS) is 12.3. The molecular weight excluding hydrogens is 779 g/mol. The highest BCUT2D eigenvalue weighted by Crippen LogP contribution is 2.48. The van der Waals surface area contributed by atoms with E-state index in [0.29, 0.717) is 0 Å². The first-order valence-electron chi connectivity index (χ1n) is 20.6. The Morgan fingerprint density at radius 2 is 0.902 bits per heavy atom. The third-order valence-electron chi connectivity index (χ3n) is 12.7. The summed E-state index contributed by atoms with van der Waals surface area (Å²) in [6.07, 6.45) is 0. The molecule has 0 radical (unpaired) electrons. The summed E-state index contributed by atoms with van der Waals surface area (Å²) in [5, 5.41) is 16.1. The number of fused-ring (bicyclic) bond motifs is 16. The van der Waals surface area contributed by atoms with E-state index in [1.54, 1.807) is 0 Å². The Balaban J connectivity index is 1.12. The molecule has 14 aromatic rings. The van der Waals surface area contributed by atoms with Crippen LogP contribution in [0.4, 0.5) is 0 Å². The Bertz CT molecular complexity index is 4100. The van der Waals surface area contributed by atoms with Crippen molar-refractivity contribution in [2.24, 2.45) is 0 Å². The van der Waals surface area contributed by atoms with Gasteiger partial charge in [0.2, 0.25) is 0 Å². The van der Waals surface area contributed by atoms with E-state index in [2.05, 4.69) is 193 Å². The Morgan fingerprint density at radius 1 is 0.361 bits per heavy atom. The molecule has 5 heteroatoms. The van der Waals surface area contributed by atoms with Crippen LogP contribution in [0.1, 0.15) is 0 Å². The van der Waals surface area contributed by atoms with Crippen LogP contribution >= 0.6 is 22.7 Å². The van der Waals surface area contributed by atoms with E-state index in [9.17, 15) is 0 Å². The van der Waals surface area contributed by atoms with Gasteiger partial charge < -0.3 is 4.57 Å². The molecule has 4 heterocycles. The maximum atomic E-state index is 5.71. The standard InChI is InChI=1S/C56H31N3S2/c1-4-16-36-32(13-1)25-27-46-51(36)52-37-17-5-2-14-33(37)26-28-47(52)59(46)35-30-42-39-19-8-11-23-48(39)60-54(42)44(31-35)56-57-45-22-10-7-20-40(45)53(58-56)43-29-34-15-3-6-18-38(34)50-41-21-9-12-24-49(41)61-55(43)50/h1-31H. The highest BCUT2D eigenvalue weighted by Gasteiger charge is 2.23. The van der Waals surface area contributed by atoms with E-state index in [0.717, 1.165) is 39.2 Å². The van der Waals surface area contributed by atoms with Crippen LogP contribution in [-0.2, 0) is 0 Å². The van der Waals surface area contributed by atoms with Crippen molar-refractivity contribution in [1.82, 2.24) is 14.5 Å². The molecule has 0 atom stereocenters. The van der Waals surface area contributed by atoms with Crippen molar-refractivity contribution in [3.05, 3.63) is 188 Å². The average Bonchev–Trinajstić information content (AvgIpc) is 4.01. The van der Waals surface area contributed by atoms with E-state index >= 15 is 0 Å². The third-order valence-corrected chi connectivity index (χ3v) is 15.2. The molecule has 0 spiro atoms. The second kappa shape index (κ2) is 12.5. The minimum Gasteiger partial charge on any atom is -0.309 e.